The van der Waals surface area contributed by atoms with E-state index in [0.29, 0.717) is 0 Å². The fraction of sp³-hybridized carbons (Fsp3) is 0.111. The highest BCUT2D eigenvalue weighted by atomic mass is 79.9. The molecule has 0 amide bonds. The second kappa shape index (κ2) is 22.6. The summed E-state index contributed by atoms with van der Waals surface area (Å²) in [7, 11) is 0. The molecule has 6 aromatic heterocycles. The summed E-state index contributed by atoms with van der Waals surface area (Å²) in [5, 5.41) is 24.2. The molecule has 83 heavy (non-hydrogen) atoms. The molecule has 0 unspecified atom stereocenters. The van der Waals surface area contributed by atoms with Crippen molar-refractivity contribution in [3.8, 4) is 62.5 Å². The number of aromatic hydroxyl groups is 1. The average molecular weight is 1150 g/mol. The number of fused-ring (bicyclic) bond motifs is 6. The van der Waals surface area contributed by atoms with Gasteiger partial charge in [0.25, 0.3) is 0 Å². The Balaban J connectivity index is 0.000000136. The Morgan fingerprint density at radius 1 is 0.386 bits per heavy atom. The maximum atomic E-state index is 9.90. The van der Waals surface area contributed by atoms with E-state index in [0.717, 1.165) is 100 Å². The van der Waals surface area contributed by atoms with Gasteiger partial charge in [-0.3, -0.25) is 9.13 Å². The number of hydrogen-bond acceptors (Lipinski definition) is 6. The zero-order valence-electron chi connectivity index (χ0n) is 47.6. The van der Waals surface area contributed by atoms with Crippen LogP contribution in [0.1, 0.15) is 45.0 Å². The Bertz CT molecular complexity index is 4720. The van der Waals surface area contributed by atoms with Crippen LogP contribution in [0.25, 0.3) is 88.9 Å². The van der Waals surface area contributed by atoms with Gasteiger partial charge in [0.15, 0.2) is 0 Å². The summed E-state index contributed by atoms with van der Waals surface area (Å²) in [5.41, 5.74) is 20.1. The number of pyridine rings is 2. The van der Waals surface area contributed by atoms with Crippen LogP contribution in [-0.4, -0.2) is 43.8 Å². The zero-order chi connectivity index (χ0) is 57.5. The average Bonchev–Trinajstić information content (AvgIpc) is 3.16. The van der Waals surface area contributed by atoms with E-state index in [4.69, 9.17) is 19.9 Å². The molecule has 0 aliphatic rings. The molecule has 0 bridgehead atoms. The van der Waals surface area contributed by atoms with Gasteiger partial charge in [0.1, 0.15) is 28.9 Å². The molecule has 0 spiro atoms. The van der Waals surface area contributed by atoms with Gasteiger partial charge < -0.3 is 9.84 Å². The Labute approximate surface area is 491 Å². The van der Waals surface area contributed by atoms with Crippen LogP contribution in [0.15, 0.2) is 223 Å². The quantitative estimate of drug-likeness (QED) is 0.163. The summed E-state index contributed by atoms with van der Waals surface area (Å²) in [6.07, 6.45) is 3.68. The van der Waals surface area contributed by atoms with E-state index in [9.17, 15) is 5.11 Å². The van der Waals surface area contributed by atoms with E-state index in [-0.39, 0.29) is 5.75 Å². The molecule has 14 rings (SSSR count). The number of ether oxygens (including phenoxy) is 1. The Hall–Kier alpha value is -9.84. The lowest BCUT2D eigenvalue weighted by Gasteiger charge is -2.11. The number of hydrogen-bond donors (Lipinski definition) is 1. The van der Waals surface area contributed by atoms with Crippen molar-refractivity contribution in [3.05, 3.63) is 268 Å². The van der Waals surface area contributed by atoms with Crippen LogP contribution >= 0.6 is 15.9 Å². The van der Waals surface area contributed by atoms with E-state index >= 15 is 0 Å². The van der Waals surface area contributed by atoms with Gasteiger partial charge >= 0.3 is 0 Å². The fourth-order valence-corrected chi connectivity index (χ4v) is 11.7. The van der Waals surface area contributed by atoms with E-state index in [1.54, 1.807) is 12.1 Å². The molecule has 0 radical (unpaired) electrons. The Kier molecular flexibility index (Phi) is 14.6. The summed E-state index contributed by atoms with van der Waals surface area (Å²) in [5.74, 6) is 3.55. The molecule has 11 heteroatoms. The molecule has 10 nitrogen and oxygen atoms in total. The Morgan fingerprint density at radius 3 is 1.37 bits per heavy atom. The predicted molar refractivity (Wildman–Crippen MR) is 342 cm³/mol. The molecule has 14 aromatic rings. The largest absolute Gasteiger partial charge is 0.508 e. The monoisotopic (exact) mass is 1150 g/mol. The molecule has 408 valence electrons. The van der Waals surface area contributed by atoms with Crippen LogP contribution < -0.4 is 4.74 Å². The minimum Gasteiger partial charge on any atom is -0.508 e. The van der Waals surface area contributed by atoms with Crippen molar-refractivity contribution in [1.29, 1.82) is 0 Å². The highest BCUT2D eigenvalue weighted by Crippen LogP contribution is 2.38. The van der Waals surface area contributed by atoms with Crippen molar-refractivity contribution in [2.45, 2.75) is 55.4 Å². The van der Waals surface area contributed by atoms with Crippen LogP contribution in [0.4, 0.5) is 0 Å². The van der Waals surface area contributed by atoms with Crippen molar-refractivity contribution >= 4 is 59.5 Å². The minimum atomic E-state index is 0.265. The molecule has 0 aliphatic carbocycles. The molecule has 0 aliphatic heterocycles. The van der Waals surface area contributed by atoms with Crippen LogP contribution in [-0.2, 0) is 0 Å². The van der Waals surface area contributed by atoms with Crippen LogP contribution in [0.5, 0.6) is 17.2 Å². The van der Waals surface area contributed by atoms with Gasteiger partial charge in [0.05, 0.1) is 44.8 Å². The molecule has 0 atom stereocenters. The van der Waals surface area contributed by atoms with Crippen molar-refractivity contribution in [3.63, 3.8) is 0 Å². The summed E-state index contributed by atoms with van der Waals surface area (Å²) in [6, 6.07) is 70.1. The van der Waals surface area contributed by atoms with E-state index in [2.05, 4.69) is 213 Å². The first-order chi connectivity index (χ1) is 40.3. The van der Waals surface area contributed by atoms with Gasteiger partial charge in [-0.1, -0.05) is 112 Å². The minimum absolute atomic E-state index is 0.265. The van der Waals surface area contributed by atoms with Crippen LogP contribution in [0, 0.1) is 55.4 Å². The third-order valence-electron chi connectivity index (χ3n) is 15.1. The van der Waals surface area contributed by atoms with Crippen molar-refractivity contribution in [1.82, 2.24) is 38.7 Å². The second-order valence-corrected chi connectivity index (χ2v) is 22.1. The number of nitrogens with zero attached hydrogens (tertiary/aromatic N) is 8. The van der Waals surface area contributed by atoms with Gasteiger partial charge in [-0.15, -0.1) is 0 Å². The molecule has 0 saturated carbocycles. The first-order valence-electron chi connectivity index (χ1n) is 27.7. The third-order valence-corrected chi connectivity index (χ3v) is 15.6. The molecular formula is C72H61BrN8O2. The highest BCUT2D eigenvalue weighted by Gasteiger charge is 2.19. The lowest BCUT2D eigenvalue weighted by molar-refractivity contribution is 0.476. The van der Waals surface area contributed by atoms with E-state index in [1.807, 2.05) is 88.5 Å². The molecule has 6 heterocycles. The van der Waals surface area contributed by atoms with Crippen LogP contribution in [0.2, 0.25) is 0 Å². The number of phenols is 1. The van der Waals surface area contributed by atoms with E-state index in [1.165, 1.54) is 49.5 Å². The molecule has 8 aromatic carbocycles. The molecular weight excluding hydrogens is 1090 g/mol. The molecule has 1 N–H and O–H groups in total. The summed E-state index contributed by atoms with van der Waals surface area (Å²) >= 11 is 3.51. The number of aromatic nitrogens is 8. The molecule has 0 saturated heterocycles. The van der Waals surface area contributed by atoms with E-state index < -0.39 is 0 Å². The number of aryl methyl sites for hydroxylation is 6. The normalized spacial score (nSPS) is 11.2. The summed E-state index contributed by atoms with van der Waals surface area (Å²) < 4.78 is 15.9. The number of phenolic OH excluding ortho intramolecular Hbond substituents is 1. The van der Waals surface area contributed by atoms with Gasteiger partial charge in [-0.25, -0.2) is 19.3 Å². The summed E-state index contributed by atoms with van der Waals surface area (Å²) in [4.78, 5) is 9.23. The topological polar surface area (TPSA) is 101 Å². The Morgan fingerprint density at radius 2 is 0.855 bits per heavy atom. The van der Waals surface area contributed by atoms with Gasteiger partial charge in [-0.05, 0) is 181 Å². The zero-order valence-corrected chi connectivity index (χ0v) is 49.2. The fourth-order valence-electron chi connectivity index (χ4n) is 11.3. The van der Waals surface area contributed by atoms with Crippen molar-refractivity contribution in [2.75, 3.05) is 0 Å². The summed E-state index contributed by atoms with van der Waals surface area (Å²) in [6.45, 7) is 16.7. The number of rotatable bonds is 8. The third kappa shape index (κ3) is 10.7. The first kappa shape index (κ1) is 53.8. The van der Waals surface area contributed by atoms with Crippen molar-refractivity contribution in [2.24, 2.45) is 0 Å². The number of halogens is 1. The van der Waals surface area contributed by atoms with Gasteiger partial charge in [-0.2, -0.15) is 10.2 Å². The highest BCUT2D eigenvalue weighted by molar-refractivity contribution is 9.10. The lowest BCUT2D eigenvalue weighted by Crippen LogP contribution is -1.99. The SMILES string of the molecule is Cc1ccnc(-n2c3ccc(C)cc3c3ccc(O)cc32)c1.Cc1ccnc(-n2c3ccc(C)cc3c3ccc(Oc4cccc(-n5nc(C)c(-c6ccccc6)c5C)c4)cc32)c1.Cc1nn(-c2cccc(Br)c2)c(C)c1-c1ccccc1. The molecule has 0 fully saturated rings. The maximum Gasteiger partial charge on any atom is 0.137 e. The number of benzene rings is 8. The van der Waals surface area contributed by atoms with Gasteiger partial charge in [0, 0.05) is 79.1 Å². The predicted octanol–water partition coefficient (Wildman–Crippen LogP) is 18.5. The standard InChI is InChI=1S/C36H30N4O.C19H16N2O.C17H15BrN2/c1-23-13-16-33-32(19-23)31-15-14-30(22-34(31)39(33)35-20-24(2)17-18-37-35)41-29-12-8-11-28(21-29)40-26(4)36(25(3)38-40)27-9-6-5-7-10-27;1-12-3-6-17-16(9-12)15-5-4-14(22)11-18(15)21(17)19-10-13(2)7-8-20-19;1-12-17(14-7-4-3-5-8-14)13(2)20(19-12)16-10-6-9-15(18)11-16/h5-22H,1-4H3;3-11,22H,1-2H3;3-11H,1-2H3. The second-order valence-electron chi connectivity index (χ2n) is 21.2. The van der Waals surface area contributed by atoms with Crippen LogP contribution in [0.3, 0.4) is 0 Å². The lowest BCUT2D eigenvalue weighted by atomic mass is 10.0. The first-order valence-corrected chi connectivity index (χ1v) is 28.5. The maximum absolute atomic E-state index is 9.90. The smallest absolute Gasteiger partial charge is 0.137 e. The van der Waals surface area contributed by atoms with Gasteiger partial charge in [0.2, 0.25) is 0 Å². The van der Waals surface area contributed by atoms with Crippen molar-refractivity contribution < 1.29 is 9.84 Å².